The number of halogens is 1. The van der Waals surface area contributed by atoms with Crippen LogP contribution in [0.4, 0.5) is 0 Å². The van der Waals surface area contributed by atoms with Gasteiger partial charge in [0, 0.05) is 6.54 Å². The van der Waals surface area contributed by atoms with E-state index in [9.17, 15) is 4.79 Å². The summed E-state index contributed by atoms with van der Waals surface area (Å²) < 4.78 is 6.56. The van der Waals surface area contributed by atoms with Gasteiger partial charge in [-0.1, -0.05) is 12.1 Å². The van der Waals surface area contributed by atoms with Crippen LogP contribution in [0.5, 0.6) is 5.75 Å². The van der Waals surface area contributed by atoms with Gasteiger partial charge in [0.25, 0.3) is 0 Å². The molecule has 0 aromatic heterocycles. The Morgan fingerprint density at radius 1 is 1.31 bits per heavy atom. The van der Waals surface area contributed by atoms with Crippen LogP contribution < -0.4 is 15.5 Å². The second kappa shape index (κ2) is 9.88. The first-order valence-corrected chi connectivity index (χ1v) is 9.01. The highest BCUT2D eigenvalue weighted by Crippen LogP contribution is 2.26. The van der Waals surface area contributed by atoms with Gasteiger partial charge in [0.05, 0.1) is 16.3 Å². The quantitative estimate of drug-likeness (QED) is 0.350. The largest absolute Gasteiger partial charge is 0.488 e. The van der Waals surface area contributed by atoms with Crippen LogP contribution in [0.25, 0.3) is 0 Å². The number of ether oxygens (including phenoxy) is 1. The van der Waals surface area contributed by atoms with Gasteiger partial charge in [-0.2, -0.15) is 5.10 Å². The third kappa shape index (κ3) is 6.12. The van der Waals surface area contributed by atoms with E-state index in [1.165, 1.54) is 0 Å². The van der Waals surface area contributed by atoms with Gasteiger partial charge < -0.3 is 15.2 Å². The minimum absolute atomic E-state index is 0.251. The van der Waals surface area contributed by atoms with E-state index in [0.29, 0.717) is 17.5 Å². The number of thiocarbonyl (C=S) groups is 1. The van der Waals surface area contributed by atoms with Gasteiger partial charge in [0.2, 0.25) is 0 Å². The number of hydrogen-bond donors (Lipinski definition) is 3. The molecule has 0 radical (unpaired) electrons. The molecule has 0 aliphatic carbocycles. The second-order valence-corrected chi connectivity index (χ2v) is 6.47. The molecular weight excluding hydrogens is 418 g/mol. The monoisotopic (exact) mass is 435 g/mol. The fourth-order valence-electron chi connectivity index (χ4n) is 1.98. The number of nitrogens with zero attached hydrogens (tertiary/aromatic N) is 1. The van der Waals surface area contributed by atoms with Crippen molar-refractivity contribution in [1.29, 1.82) is 0 Å². The van der Waals surface area contributed by atoms with Crippen LogP contribution in [-0.4, -0.2) is 28.9 Å². The van der Waals surface area contributed by atoms with Crippen LogP contribution in [0, 0.1) is 0 Å². The maximum absolute atomic E-state index is 10.8. The maximum atomic E-state index is 10.8. The topological polar surface area (TPSA) is 83.0 Å². The molecule has 2 aromatic rings. The molecule has 3 N–H and O–H groups in total. The predicted octanol–water partition coefficient (Wildman–Crippen LogP) is 3.54. The Balaban J connectivity index is 1.93. The Labute approximate surface area is 165 Å². The first-order chi connectivity index (χ1) is 12.5. The molecule has 0 aliphatic rings. The molecule has 26 heavy (non-hydrogen) atoms. The van der Waals surface area contributed by atoms with E-state index in [-0.39, 0.29) is 5.56 Å². The fourth-order valence-corrected chi connectivity index (χ4v) is 2.69. The Hall–Kier alpha value is -2.45. The minimum atomic E-state index is -0.946. The molecule has 0 bridgehead atoms. The molecule has 0 heterocycles. The first-order valence-electron chi connectivity index (χ1n) is 7.81. The maximum Gasteiger partial charge on any atom is 0.335 e. The Bertz CT molecular complexity index is 810. The molecule has 8 heteroatoms. The molecule has 0 saturated heterocycles. The van der Waals surface area contributed by atoms with Crippen LogP contribution in [0.1, 0.15) is 28.4 Å². The highest BCUT2D eigenvalue weighted by atomic mass is 79.9. The normalized spacial score (nSPS) is 10.5. The fraction of sp³-hybridized carbons (Fsp3) is 0.167. The van der Waals surface area contributed by atoms with Crippen molar-refractivity contribution in [1.82, 2.24) is 10.7 Å². The van der Waals surface area contributed by atoms with E-state index in [4.69, 9.17) is 22.1 Å². The van der Waals surface area contributed by atoms with Gasteiger partial charge in [-0.25, -0.2) is 4.79 Å². The zero-order valence-electron chi connectivity index (χ0n) is 14.0. The summed E-state index contributed by atoms with van der Waals surface area (Å²) in [4.78, 5) is 10.8. The molecule has 0 saturated carbocycles. The summed E-state index contributed by atoms with van der Waals surface area (Å²) in [7, 11) is 0. The summed E-state index contributed by atoms with van der Waals surface area (Å²) in [6, 6.07) is 12.2. The summed E-state index contributed by atoms with van der Waals surface area (Å²) in [5, 5.41) is 16.4. The van der Waals surface area contributed by atoms with Crippen molar-refractivity contribution in [2.45, 2.75) is 13.5 Å². The zero-order chi connectivity index (χ0) is 18.9. The van der Waals surface area contributed by atoms with Gasteiger partial charge in [-0.3, -0.25) is 5.43 Å². The van der Waals surface area contributed by atoms with Gasteiger partial charge in [-0.05, 0) is 76.5 Å². The first kappa shape index (κ1) is 19.9. The minimum Gasteiger partial charge on any atom is -0.488 e. The average Bonchev–Trinajstić information content (AvgIpc) is 2.61. The zero-order valence-corrected chi connectivity index (χ0v) is 16.4. The third-order valence-electron chi connectivity index (χ3n) is 3.27. The van der Waals surface area contributed by atoms with Crippen LogP contribution in [0.2, 0.25) is 0 Å². The summed E-state index contributed by atoms with van der Waals surface area (Å²) in [6.45, 7) is 3.02. The summed E-state index contributed by atoms with van der Waals surface area (Å²) >= 11 is 8.49. The second-order valence-electron chi connectivity index (χ2n) is 5.21. The lowest BCUT2D eigenvalue weighted by atomic mass is 10.1. The number of nitrogens with one attached hydrogen (secondary N) is 2. The van der Waals surface area contributed by atoms with Gasteiger partial charge in [0.1, 0.15) is 12.4 Å². The van der Waals surface area contributed by atoms with E-state index in [1.807, 2.05) is 25.1 Å². The molecule has 0 amide bonds. The van der Waals surface area contributed by atoms with E-state index in [2.05, 4.69) is 31.8 Å². The Kier molecular flexibility index (Phi) is 7.55. The molecule has 2 aromatic carbocycles. The lowest BCUT2D eigenvalue weighted by Crippen LogP contribution is -2.31. The van der Waals surface area contributed by atoms with E-state index in [1.54, 1.807) is 30.5 Å². The summed E-state index contributed by atoms with van der Waals surface area (Å²) in [5.74, 6) is -0.265. The van der Waals surface area contributed by atoms with Gasteiger partial charge in [0.15, 0.2) is 5.11 Å². The lowest BCUT2D eigenvalue weighted by molar-refractivity contribution is 0.0697. The van der Waals surface area contributed by atoms with E-state index < -0.39 is 5.97 Å². The summed E-state index contributed by atoms with van der Waals surface area (Å²) in [5.41, 5.74) is 4.74. The van der Waals surface area contributed by atoms with Crippen LogP contribution in [0.3, 0.4) is 0 Å². The number of hydrazone groups is 1. The van der Waals surface area contributed by atoms with Gasteiger partial charge in [-0.15, -0.1) is 0 Å². The molecule has 6 nitrogen and oxygen atoms in total. The lowest BCUT2D eigenvalue weighted by Gasteiger charge is -2.09. The van der Waals surface area contributed by atoms with E-state index >= 15 is 0 Å². The van der Waals surface area contributed by atoms with Crippen molar-refractivity contribution >= 4 is 45.4 Å². The van der Waals surface area contributed by atoms with Crippen molar-refractivity contribution in [3.05, 3.63) is 63.6 Å². The molecule has 136 valence electrons. The molecule has 0 unspecified atom stereocenters. The van der Waals surface area contributed by atoms with Crippen molar-refractivity contribution in [2.24, 2.45) is 5.10 Å². The smallest absolute Gasteiger partial charge is 0.335 e. The highest BCUT2D eigenvalue weighted by molar-refractivity contribution is 9.10. The standard InChI is InChI=1S/C18H18BrN3O3S/c1-2-20-18(26)22-21-10-13-5-8-16(15(19)9-13)25-11-12-3-6-14(7-4-12)17(23)24/h3-10H,2,11H2,1H3,(H,23,24)(H2,20,22,26). The van der Waals surface area contributed by atoms with E-state index in [0.717, 1.165) is 22.1 Å². The van der Waals surface area contributed by atoms with Crippen molar-refractivity contribution in [3.8, 4) is 5.75 Å². The number of carboxylic acids is 1. The number of benzene rings is 2. The third-order valence-corrected chi connectivity index (χ3v) is 4.12. The molecule has 0 fully saturated rings. The van der Waals surface area contributed by atoms with Crippen molar-refractivity contribution < 1.29 is 14.6 Å². The number of aromatic carboxylic acids is 1. The molecule has 0 aliphatic heterocycles. The van der Waals surface area contributed by atoms with Crippen molar-refractivity contribution in [3.63, 3.8) is 0 Å². The van der Waals surface area contributed by atoms with Crippen LogP contribution in [0.15, 0.2) is 52.0 Å². The molecule has 0 atom stereocenters. The molecule has 0 spiro atoms. The molecule has 2 rings (SSSR count). The average molecular weight is 436 g/mol. The highest BCUT2D eigenvalue weighted by Gasteiger charge is 2.05. The number of carbonyl (C=O) groups is 1. The SMILES string of the molecule is CCNC(=S)NN=Cc1ccc(OCc2ccc(C(=O)O)cc2)c(Br)c1. The van der Waals surface area contributed by atoms with Crippen LogP contribution in [-0.2, 0) is 6.61 Å². The number of carboxylic acid groups (broad SMARTS) is 1. The Morgan fingerprint density at radius 2 is 2.04 bits per heavy atom. The number of rotatable bonds is 7. The predicted molar refractivity (Wildman–Crippen MR) is 109 cm³/mol. The van der Waals surface area contributed by atoms with Gasteiger partial charge >= 0.3 is 5.97 Å². The number of hydrogen-bond acceptors (Lipinski definition) is 4. The summed E-state index contributed by atoms with van der Waals surface area (Å²) in [6.07, 6.45) is 1.66. The van der Waals surface area contributed by atoms with Crippen LogP contribution >= 0.6 is 28.1 Å². The Morgan fingerprint density at radius 3 is 2.65 bits per heavy atom. The molecular formula is C18H18BrN3O3S. The van der Waals surface area contributed by atoms with Crippen molar-refractivity contribution in [2.75, 3.05) is 6.54 Å².